The molecule has 0 spiro atoms. The average molecular weight is 390 g/mol. The molecule has 0 aromatic rings. The van der Waals surface area contributed by atoms with Crippen molar-refractivity contribution in [2.24, 2.45) is 17.8 Å². The molecule has 0 saturated heterocycles. The molecule has 2 aliphatic rings. The lowest BCUT2D eigenvalue weighted by molar-refractivity contribution is -0.196. The van der Waals surface area contributed by atoms with Gasteiger partial charge in [-0.15, -0.1) is 0 Å². The van der Waals surface area contributed by atoms with Gasteiger partial charge in [-0.2, -0.15) is 26.0 Å². The molecule has 2 atom stereocenters. The standard InChI is InChI=1S/C15H22F4O5S/c16-14(17,15(18,19)25(21,22)23)9-24-13(20)5-4-12-7-10-2-1-3-11(6-10)8-12/h10-12H,1-9H2,(H,21,22,23). The van der Waals surface area contributed by atoms with Gasteiger partial charge in [0, 0.05) is 6.42 Å². The summed E-state index contributed by atoms with van der Waals surface area (Å²) in [5, 5.41) is -5.72. The van der Waals surface area contributed by atoms with Crippen LogP contribution in [-0.4, -0.2) is 36.7 Å². The third-order valence-electron chi connectivity index (χ3n) is 5.15. The highest BCUT2D eigenvalue weighted by Crippen LogP contribution is 2.44. The second-order valence-electron chi connectivity index (χ2n) is 7.13. The highest BCUT2D eigenvalue weighted by atomic mass is 32.2. The Morgan fingerprint density at radius 2 is 1.64 bits per heavy atom. The van der Waals surface area contributed by atoms with Crippen LogP contribution in [-0.2, 0) is 19.6 Å². The maximum Gasteiger partial charge on any atom is 0.435 e. The van der Waals surface area contributed by atoms with E-state index in [0.29, 0.717) is 18.3 Å². The van der Waals surface area contributed by atoms with E-state index in [4.69, 9.17) is 4.55 Å². The fourth-order valence-corrected chi connectivity index (χ4v) is 4.38. The maximum absolute atomic E-state index is 13.2. The van der Waals surface area contributed by atoms with E-state index in [0.717, 1.165) is 25.7 Å². The molecule has 10 heteroatoms. The van der Waals surface area contributed by atoms with Crippen molar-refractivity contribution in [3.05, 3.63) is 0 Å². The predicted molar refractivity (Wildman–Crippen MR) is 79.8 cm³/mol. The van der Waals surface area contributed by atoms with Crippen molar-refractivity contribution in [3.63, 3.8) is 0 Å². The second-order valence-corrected chi connectivity index (χ2v) is 8.59. The van der Waals surface area contributed by atoms with Gasteiger partial charge >= 0.3 is 27.3 Å². The zero-order valence-electron chi connectivity index (χ0n) is 13.6. The van der Waals surface area contributed by atoms with Gasteiger partial charge in [0.1, 0.15) is 0 Å². The summed E-state index contributed by atoms with van der Waals surface area (Å²) in [5.74, 6) is -4.74. The summed E-state index contributed by atoms with van der Waals surface area (Å²) in [4.78, 5) is 11.5. The number of ether oxygens (including phenoxy) is 1. The zero-order chi connectivity index (χ0) is 18.9. The van der Waals surface area contributed by atoms with Gasteiger partial charge in [-0.1, -0.05) is 19.3 Å². The normalized spacial score (nSPS) is 27.8. The summed E-state index contributed by atoms with van der Waals surface area (Å²) < 4.78 is 85.5. The number of carbonyl (C=O) groups is 1. The fraction of sp³-hybridized carbons (Fsp3) is 0.933. The van der Waals surface area contributed by atoms with Crippen molar-refractivity contribution in [2.75, 3.05) is 6.61 Å². The number of rotatable bonds is 7. The lowest BCUT2D eigenvalue weighted by atomic mass is 9.67. The van der Waals surface area contributed by atoms with Crippen molar-refractivity contribution in [1.29, 1.82) is 0 Å². The summed E-state index contributed by atoms with van der Waals surface area (Å²) in [7, 11) is -6.32. The van der Waals surface area contributed by atoms with Crippen molar-refractivity contribution in [2.45, 2.75) is 62.5 Å². The minimum Gasteiger partial charge on any atom is -0.459 e. The van der Waals surface area contributed by atoms with E-state index in [1.165, 1.54) is 12.8 Å². The van der Waals surface area contributed by atoms with Crippen LogP contribution in [0.25, 0.3) is 0 Å². The molecule has 0 heterocycles. The molecular formula is C15H22F4O5S. The molecule has 0 radical (unpaired) electrons. The lowest BCUT2D eigenvalue weighted by Crippen LogP contribution is -2.50. The SMILES string of the molecule is O=C(CCC1CC2CCCC(C2)C1)OCC(F)(F)C(F)(F)S(=O)(=O)O. The Balaban J connectivity index is 1.79. The van der Waals surface area contributed by atoms with E-state index >= 15 is 0 Å². The van der Waals surface area contributed by atoms with Crippen LogP contribution in [0.1, 0.15) is 51.4 Å². The molecule has 0 aromatic heterocycles. The van der Waals surface area contributed by atoms with Crippen LogP contribution in [0.4, 0.5) is 17.6 Å². The quantitative estimate of drug-likeness (QED) is 0.408. The molecule has 0 aromatic carbocycles. The van der Waals surface area contributed by atoms with E-state index in [9.17, 15) is 30.8 Å². The number of halogens is 4. The third kappa shape index (κ3) is 4.84. The van der Waals surface area contributed by atoms with Crippen LogP contribution < -0.4 is 0 Å². The third-order valence-corrected chi connectivity index (χ3v) is 6.09. The largest absolute Gasteiger partial charge is 0.459 e. The van der Waals surface area contributed by atoms with E-state index in [2.05, 4.69) is 4.74 Å². The molecule has 2 fully saturated rings. The molecule has 5 nitrogen and oxygen atoms in total. The van der Waals surface area contributed by atoms with Gasteiger partial charge in [-0.05, 0) is 43.4 Å². The van der Waals surface area contributed by atoms with Crippen LogP contribution in [0.3, 0.4) is 0 Å². The molecule has 2 bridgehead atoms. The van der Waals surface area contributed by atoms with Crippen LogP contribution in [0.5, 0.6) is 0 Å². The van der Waals surface area contributed by atoms with Gasteiger partial charge in [-0.3, -0.25) is 9.35 Å². The number of esters is 1. The van der Waals surface area contributed by atoms with Crippen molar-refractivity contribution in [1.82, 2.24) is 0 Å². The van der Waals surface area contributed by atoms with Gasteiger partial charge in [-0.25, -0.2) is 0 Å². The summed E-state index contributed by atoms with van der Waals surface area (Å²) in [6.45, 7) is -2.10. The molecule has 25 heavy (non-hydrogen) atoms. The Morgan fingerprint density at radius 3 is 2.16 bits per heavy atom. The molecule has 0 amide bonds. The number of hydrogen-bond donors (Lipinski definition) is 1. The number of carbonyl (C=O) groups excluding carboxylic acids is 1. The van der Waals surface area contributed by atoms with Crippen molar-refractivity contribution >= 4 is 16.1 Å². The van der Waals surface area contributed by atoms with Gasteiger partial charge < -0.3 is 4.74 Å². The Hall–Kier alpha value is -0.900. The highest BCUT2D eigenvalue weighted by Gasteiger charge is 2.66. The zero-order valence-corrected chi connectivity index (χ0v) is 14.4. The number of alkyl halides is 4. The van der Waals surface area contributed by atoms with Crippen molar-refractivity contribution in [3.8, 4) is 0 Å². The Labute approximate surface area is 143 Å². The monoisotopic (exact) mass is 390 g/mol. The summed E-state index contributed by atoms with van der Waals surface area (Å²) in [6, 6.07) is 0. The summed E-state index contributed by atoms with van der Waals surface area (Å²) in [5.41, 5.74) is 0. The Morgan fingerprint density at radius 1 is 1.08 bits per heavy atom. The minimum absolute atomic E-state index is 0.183. The smallest absolute Gasteiger partial charge is 0.435 e. The van der Waals surface area contributed by atoms with Gasteiger partial charge in [0.2, 0.25) is 0 Å². The predicted octanol–water partition coefficient (Wildman–Crippen LogP) is 3.64. The maximum atomic E-state index is 13.2. The molecule has 2 rings (SSSR count). The van der Waals surface area contributed by atoms with Crippen LogP contribution >= 0.6 is 0 Å². The Bertz CT molecular complexity index is 581. The van der Waals surface area contributed by atoms with E-state index in [1.54, 1.807) is 0 Å². The Kier molecular flexibility index (Phi) is 6.03. The molecule has 0 aliphatic heterocycles. The topological polar surface area (TPSA) is 80.7 Å². The number of fused-ring (bicyclic) bond motifs is 2. The molecular weight excluding hydrogens is 368 g/mol. The average Bonchev–Trinajstić information content (AvgIpc) is 2.49. The van der Waals surface area contributed by atoms with Crippen LogP contribution in [0.2, 0.25) is 0 Å². The molecule has 146 valence electrons. The van der Waals surface area contributed by atoms with E-state index in [-0.39, 0.29) is 12.3 Å². The first kappa shape index (κ1) is 20.4. The first-order chi connectivity index (χ1) is 11.4. The molecule has 1 N–H and O–H groups in total. The first-order valence-electron chi connectivity index (χ1n) is 8.30. The highest BCUT2D eigenvalue weighted by molar-refractivity contribution is 7.87. The molecule has 2 saturated carbocycles. The van der Waals surface area contributed by atoms with Gasteiger partial charge in [0.05, 0.1) is 0 Å². The van der Waals surface area contributed by atoms with E-state index in [1.807, 2.05) is 0 Å². The number of hydrogen-bond acceptors (Lipinski definition) is 4. The first-order valence-corrected chi connectivity index (χ1v) is 9.74. The molecule has 2 aliphatic carbocycles. The van der Waals surface area contributed by atoms with E-state index < -0.39 is 33.9 Å². The van der Waals surface area contributed by atoms with Crippen LogP contribution in [0, 0.1) is 17.8 Å². The van der Waals surface area contributed by atoms with Gasteiger partial charge in [0.25, 0.3) is 0 Å². The van der Waals surface area contributed by atoms with Crippen molar-refractivity contribution < 1.29 is 40.1 Å². The molecule has 2 unspecified atom stereocenters. The fourth-order valence-electron chi connectivity index (χ4n) is 3.94. The second kappa shape index (κ2) is 7.38. The summed E-state index contributed by atoms with van der Waals surface area (Å²) in [6.07, 6.45) is 6.92. The lowest BCUT2D eigenvalue weighted by Gasteiger charge is -2.39. The minimum atomic E-state index is -6.32. The van der Waals surface area contributed by atoms with Gasteiger partial charge in [0.15, 0.2) is 6.61 Å². The summed E-state index contributed by atoms with van der Waals surface area (Å²) >= 11 is 0. The van der Waals surface area contributed by atoms with Crippen LogP contribution in [0.15, 0.2) is 0 Å².